The minimum Gasteiger partial charge on any atom is -0.475 e. The highest BCUT2D eigenvalue weighted by Gasteiger charge is 2.48. The second-order valence-electron chi connectivity index (χ2n) is 14.2. The number of piperidine rings is 1. The Morgan fingerprint density at radius 1 is 0.759 bits per heavy atom. The van der Waals surface area contributed by atoms with Crippen LogP contribution in [0, 0.1) is 10.8 Å². The van der Waals surface area contributed by atoms with E-state index in [1.165, 1.54) is 78.0 Å². The number of amides is 4. The van der Waals surface area contributed by atoms with Crippen molar-refractivity contribution < 1.29 is 65.5 Å². The molecular weight excluding hydrogens is 831 g/mol. The highest BCUT2D eigenvalue weighted by atomic mass is 35.5. The highest BCUT2D eigenvalue weighted by molar-refractivity contribution is 6.40. The van der Waals surface area contributed by atoms with Crippen molar-refractivity contribution in [2.75, 3.05) is 68.5 Å². The number of carboxylic acids is 1. The summed E-state index contributed by atoms with van der Waals surface area (Å²) in [4.78, 5) is 71.6. The normalized spacial score (nSPS) is 17.4. The molecule has 0 radical (unpaired) electrons. The number of likely N-dealkylation sites (tertiary alicyclic amines) is 2. The van der Waals surface area contributed by atoms with Crippen LogP contribution in [0.25, 0.3) is 0 Å². The lowest BCUT2D eigenvalue weighted by atomic mass is 9.69. The first kappa shape index (κ1) is 49.7. The minimum atomic E-state index is -5.08. The van der Waals surface area contributed by atoms with Crippen LogP contribution in [-0.4, -0.2) is 142 Å². The fraction of sp³-hybridized carbons (Fsp3) is 0.647. The number of hydrogen-bond donors (Lipinski definition) is 2. The Morgan fingerprint density at radius 2 is 1.09 bits per heavy atom. The number of aromatic nitrogens is 4. The van der Waals surface area contributed by atoms with Crippen molar-refractivity contribution >= 4 is 70.7 Å². The molecule has 3 saturated heterocycles. The predicted octanol–water partition coefficient (Wildman–Crippen LogP) is 4.40. The van der Waals surface area contributed by atoms with Gasteiger partial charge in [-0.25, -0.2) is 14.4 Å². The molecule has 326 valence electrons. The van der Waals surface area contributed by atoms with Crippen LogP contribution in [0.5, 0.6) is 0 Å². The summed E-state index contributed by atoms with van der Waals surface area (Å²) < 4.78 is 65.7. The number of halogens is 8. The van der Waals surface area contributed by atoms with Crippen LogP contribution >= 0.6 is 23.2 Å². The van der Waals surface area contributed by atoms with E-state index in [0.717, 1.165) is 39.3 Å². The van der Waals surface area contributed by atoms with Crippen LogP contribution in [-0.2, 0) is 19.2 Å². The molecule has 3 N–H and O–H groups in total. The average Bonchev–Trinajstić information content (AvgIpc) is 3.84. The summed E-state index contributed by atoms with van der Waals surface area (Å²) in [5.41, 5.74) is 2.00. The number of alkyl halides is 8. The third-order valence-electron chi connectivity index (χ3n) is 9.94. The molecule has 4 fully saturated rings. The fourth-order valence-electron chi connectivity index (χ4n) is 6.65. The largest absolute Gasteiger partial charge is 0.490 e. The van der Waals surface area contributed by atoms with Gasteiger partial charge < -0.3 is 30.0 Å². The summed E-state index contributed by atoms with van der Waals surface area (Å²) in [5, 5.41) is 17.8. The minimum absolute atomic E-state index is 0.0768. The molecule has 0 atom stereocenters. The van der Waals surface area contributed by atoms with E-state index in [1.807, 2.05) is 9.80 Å². The average molecular weight is 880 g/mol. The number of carboxylic acid groups (broad SMARTS) is 1. The Bertz CT molecular complexity index is 1600. The Morgan fingerprint density at radius 3 is 1.38 bits per heavy atom. The van der Waals surface area contributed by atoms with Crippen LogP contribution in [0.2, 0.25) is 0 Å². The molecule has 4 amide bonds. The number of hydrogen-bond acceptors (Lipinski definition) is 8. The van der Waals surface area contributed by atoms with E-state index in [-0.39, 0.29) is 29.2 Å². The van der Waals surface area contributed by atoms with Gasteiger partial charge in [-0.3, -0.25) is 14.4 Å². The summed E-state index contributed by atoms with van der Waals surface area (Å²) in [6, 6.07) is -0.187. The van der Waals surface area contributed by atoms with Crippen LogP contribution in [0.1, 0.15) is 58.8 Å². The second-order valence-corrected chi connectivity index (χ2v) is 15.0. The predicted molar refractivity (Wildman–Crippen MR) is 199 cm³/mol. The SMILES string of the molecule is CC(=O)N(C)c1cnn(C(=O)N2CC3(CCCCC3)C2)c1.CC(=O)N(C)c1cnn(C(=O)N2CC3(CC[NH2+]CC3)C2)c1.ClCCl.O=C(O)C(F)(F)F.O=CC(F)(F)F. The number of nitrogens with zero attached hydrogens (tertiary/aromatic N) is 8. The van der Waals surface area contributed by atoms with Gasteiger partial charge in [0.1, 0.15) is 0 Å². The molecule has 2 spiro atoms. The van der Waals surface area contributed by atoms with Crippen molar-refractivity contribution in [3.8, 4) is 0 Å². The number of aldehydes is 1. The third kappa shape index (κ3) is 14.7. The fourth-order valence-corrected chi connectivity index (χ4v) is 6.65. The van der Waals surface area contributed by atoms with Crippen LogP contribution < -0.4 is 15.1 Å². The number of carbonyl (C=O) groups excluding carboxylic acids is 5. The Balaban J connectivity index is 0.000000294. The molecule has 0 unspecified atom stereocenters. The van der Waals surface area contributed by atoms with Gasteiger partial charge in [-0.15, -0.1) is 23.2 Å². The summed E-state index contributed by atoms with van der Waals surface area (Å²) in [5.74, 6) is -2.91. The third-order valence-corrected chi connectivity index (χ3v) is 9.94. The Hall–Kier alpha value is -4.44. The zero-order chi connectivity index (χ0) is 44.1. The first-order chi connectivity index (χ1) is 26.9. The first-order valence-electron chi connectivity index (χ1n) is 17.9. The second kappa shape index (κ2) is 21.5. The van der Waals surface area contributed by atoms with Crippen molar-refractivity contribution in [1.29, 1.82) is 0 Å². The lowest BCUT2D eigenvalue weighted by Crippen LogP contribution is -2.88. The van der Waals surface area contributed by atoms with Crippen LogP contribution in [0.4, 0.5) is 47.3 Å². The Kier molecular flexibility index (Phi) is 18.5. The standard InChI is InChI=1S/C15H22N4O2.C14H21N5O2.C2HF3O2.C2HF3O.CH2Cl2/c1-12(20)17(2)13-8-16-19(9-13)14(21)18-10-15(11-18)6-4-3-5-7-15;1-11(20)17(2)12-7-16-19(8-12)13(21)18-9-14(10-18)3-5-15-6-4-14;3-2(4,5)1(6)7;3-2(4,5)1-6;2-1-3/h8-9H,3-7,10-11H2,1-2H3;7-8,15H,3-6,9-10H2,1-2H3;(H,6,7);1H;1H2/p+1. The molecule has 58 heavy (non-hydrogen) atoms. The smallest absolute Gasteiger partial charge is 0.475 e. The summed E-state index contributed by atoms with van der Waals surface area (Å²) >= 11 is 9.53. The van der Waals surface area contributed by atoms with Gasteiger partial charge in [-0.2, -0.15) is 45.9 Å². The number of aliphatic carboxylic acids is 1. The molecule has 24 heteroatoms. The lowest BCUT2D eigenvalue weighted by molar-refractivity contribution is -0.669. The van der Waals surface area contributed by atoms with E-state index in [0.29, 0.717) is 22.2 Å². The van der Waals surface area contributed by atoms with Crippen molar-refractivity contribution in [1.82, 2.24) is 29.4 Å². The highest BCUT2D eigenvalue weighted by Crippen LogP contribution is 2.44. The van der Waals surface area contributed by atoms with Gasteiger partial charge in [0, 0.05) is 77.8 Å². The van der Waals surface area contributed by atoms with Gasteiger partial charge in [0.15, 0.2) is 0 Å². The van der Waals surface area contributed by atoms with Gasteiger partial charge >= 0.3 is 30.4 Å². The first-order valence-corrected chi connectivity index (χ1v) is 18.9. The van der Waals surface area contributed by atoms with E-state index >= 15 is 0 Å². The number of quaternary nitrogens is 1. The summed E-state index contributed by atoms with van der Waals surface area (Å²) in [7, 11) is 3.35. The van der Waals surface area contributed by atoms with E-state index in [1.54, 1.807) is 38.9 Å². The maximum absolute atomic E-state index is 12.4. The van der Waals surface area contributed by atoms with Crippen molar-refractivity contribution in [2.45, 2.75) is 71.1 Å². The number of rotatable bonds is 2. The van der Waals surface area contributed by atoms with Gasteiger partial charge in [-0.05, 0) is 12.8 Å². The maximum atomic E-state index is 12.4. The molecule has 1 aliphatic carbocycles. The van der Waals surface area contributed by atoms with Gasteiger partial charge in [0.2, 0.25) is 18.1 Å². The topological polar surface area (TPSA) is 188 Å². The zero-order valence-electron chi connectivity index (χ0n) is 32.4. The maximum Gasteiger partial charge on any atom is 0.490 e. The Labute approximate surface area is 340 Å². The molecule has 3 aliphatic heterocycles. The summed E-state index contributed by atoms with van der Waals surface area (Å²) in [6.45, 7) is 8.66. The molecule has 6 rings (SSSR count). The number of anilines is 2. The summed E-state index contributed by atoms with van der Waals surface area (Å²) in [6.07, 6.45) is 4.32. The van der Waals surface area contributed by atoms with Crippen molar-refractivity contribution in [3.05, 3.63) is 24.8 Å². The van der Waals surface area contributed by atoms with Crippen LogP contribution in [0.3, 0.4) is 0 Å². The van der Waals surface area contributed by atoms with E-state index in [2.05, 4.69) is 15.5 Å². The monoisotopic (exact) mass is 878 g/mol. The molecule has 0 bridgehead atoms. The van der Waals surface area contributed by atoms with Gasteiger partial charge in [0.05, 0.1) is 54.6 Å². The van der Waals surface area contributed by atoms with Crippen molar-refractivity contribution in [2.24, 2.45) is 10.8 Å². The van der Waals surface area contributed by atoms with E-state index < -0.39 is 24.6 Å². The van der Waals surface area contributed by atoms with Crippen molar-refractivity contribution in [3.63, 3.8) is 0 Å². The molecule has 4 aliphatic rings. The molecule has 16 nitrogen and oxygen atoms in total. The quantitative estimate of drug-likeness (QED) is 0.251. The molecule has 5 heterocycles. The van der Waals surface area contributed by atoms with E-state index in [9.17, 15) is 45.5 Å². The molecular formula is C34H48Cl2F6N9O7+. The molecule has 2 aromatic heterocycles. The van der Waals surface area contributed by atoms with Gasteiger partial charge in [0.25, 0.3) is 0 Å². The zero-order valence-corrected chi connectivity index (χ0v) is 33.9. The molecule has 0 aromatic carbocycles. The molecule has 1 saturated carbocycles. The van der Waals surface area contributed by atoms with Crippen LogP contribution in [0.15, 0.2) is 24.8 Å². The lowest BCUT2D eigenvalue weighted by Gasteiger charge is -2.52. The molecule has 2 aromatic rings. The van der Waals surface area contributed by atoms with E-state index in [4.69, 9.17) is 37.9 Å². The number of carbonyl (C=O) groups is 6. The number of nitrogens with two attached hydrogens (primary N) is 1. The van der Waals surface area contributed by atoms with Gasteiger partial charge in [-0.1, -0.05) is 19.3 Å².